The quantitative estimate of drug-likeness (QED) is 0.907. The van der Waals surface area contributed by atoms with Gasteiger partial charge in [0.2, 0.25) is 0 Å². The maximum Gasteiger partial charge on any atom is 0.118 e. The van der Waals surface area contributed by atoms with Crippen LogP contribution in [-0.2, 0) is 5.60 Å². The number of aliphatic hydroxyl groups is 1. The summed E-state index contributed by atoms with van der Waals surface area (Å²) >= 11 is 0. The van der Waals surface area contributed by atoms with E-state index in [1.54, 1.807) is 20.6 Å². The fraction of sp³-hybridized carbons (Fsp3) is 0.235. The molecule has 2 rings (SSSR count). The van der Waals surface area contributed by atoms with Gasteiger partial charge in [0, 0.05) is 0 Å². The van der Waals surface area contributed by atoms with Crippen molar-refractivity contribution in [2.45, 2.75) is 12.5 Å². The molecule has 2 aromatic rings. The van der Waals surface area contributed by atoms with E-state index in [1.807, 2.05) is 55.5 Å². The molecule has 0 aromatic heterocycles. The predicted molar refractivity (Wildman–Crippen MR) is 79.0 cm³/mol. The number of hydrogen-bond donors (Lipinski definition) is 1. The molecular formula is C17H19O3. The molecule has 0 aliphatic heterocycles. The van der Waals surface area contributed by atoms with Gasteiger partial charge in [0.25, 0.3) is 0 Å². The van der Waals surface area contributed by atoms with Crippen LogP contribution >= 0.6 is 0 Å². The van der Waals surface area contributed by atoms with Gasteiger partial charge in [0.15, 0.2) is 0 Å². The molecule has 0 atom stereocenters. The van der Waals surface area contributed by atoms with Gasteiger partial charge in [-0.3, -0.25) is 0 Å². The largest absolute Gasteiger partial charge is 0.497 e. The Morgan fingerprint density at radius 1 is 0.800 bits per heavy atom. The Balaban J connectivity index is 2.39. The van der Waals surface area contributed by atoms with E-state index in [-0.39, 0.29) is 0 Å². The fourth-order valence-electron chi connectivity index (χ4n) is 2.19. The molecule has 0 bridgehead atoms. The molecule has 0 spiro atoms. The summed E-state index contributed by atoms with van der Waals surface area (Å²) < 4.78 is 10.3. The van der Waals surface area contributed by atoms with E-state index in [0.717, 1.165) is 22.6 Å². The summed E-state index contributed by atoms with van der Waals surface area (Å²) in [5, 5.41) is 11.0. The van der Waals surface area contributed by atoms with Crippen LogP contribution in [0.2, 0.25) is 0 Å². The number of rotatable bonds is 5. The molecule has 3 heteroatoms. The molecule has 0 fully saturated rings. The molecule has 0 aliphatic carbocycles. The first-order valence-electron chi connectivity index (χ1n) is 6.46. The summed E-state index contributed by atoms with van der Waals surface area (Å²) in [5.41, 5.74) is 0.468. The summed E-state index contributed by atoms with van der Waals surface area (Å²) in [6, 6.07) is 14.8. The average molecular weight is 271 g/mol. The lowest BCUT2D eigenvalue weighted by Crippen LogP contribution is -2.26. The normalized spacial score (nSPS) is 11.2. The van der Waals surface area contributed by atoms with Crippen molar-refractivity contribution in [3.05, 3.63) is 66.1 Å². The molecule has 20 heavy (non-hydrogen) atoms. The summed E-state index contributed by atoms with van der Waals surface area (Å²) in [4.78, 5) is 0. The molecule has 1 N–H and O–H groups in total. The summed E-state index contributed by atoms with van der Waals surface area (Å²) in [7, 11) is 3.24. The average Bonchev–Trinajstić information content (AvgIpc) is 2.54. The maximum absolute atomic E-state index is 11.0. The zero-order valence-electron chi connectivity index (χ0n) is 12.0. The Morgan fingerprint density at radius 3 is 1.40 bits per heavy atom. The third kappa shape index (κ3) is 2.63. The summed E-state index contributed by atoms with van der Waals surface area (Å²) in [6.07, 6.45) is 1.77. The van der Waals surface area contributed by atoms with Crippen molar-refractivity contribution in [1.82, 2.24) is 0 Å². The lowest BCUT2D eigenvalue weighted by molar-refractivity contribution is 0.117. The second-order valence-electron chi connectivity index (χ2n) is 4.51. The van der Waals surface area contributed by atoms with Crippen LogP contribution in [0.1, 0.15) is 18.1 Å². The van der Waals surface area contributed by atoms with Gasteiger partial charge >= 0.3 is 0 Å². The minimum absolute atomic E-state index is 0.766. The van der Waals surface area contributed by atoms with E-state index in [1.165, 1.54) is 0 Å². The van der Waals surface area contributed by atoms with Crippen LogP contribution in [0.25, 0.3) is 0 Å². The van der Waals surface area contributed by atoms with Crippen LogP contribution < -0.4 is 9.47 Å². The lowest BCUT2D eigenvalue weighted by atomic mass is 9.84. The van der Waals surface area contributed by atoms with E-state index in [9.17, 15) is 5.11 Å². The zero-order valence-corrected chi connectivity index (χ0v) is 12.0. The SMILES string of the molecule is C[CH]C(O)(c1ccc(OC)cc1)c1ccc(OC)cc1. The topological polar surface area (TPSA) is 38.7 Å². The zero-order chi connectivity index (χ0) is 14.6. The van der Waals surface area contributed by atoms with Gasteiger partial charge in [-0.15, -0.1) is 0 Å². The highest BCUT2D eigenvalue weighted by atomic mass is 16.5. The van der Waals surface area contributed by atoms with Gasteiger partial charge < -0.3 is 14.6 Å². The Kier molecular flexibility index (Phi) is 4.30. The highest BCUT2D eigenvalue weighted by Crippen LogP contribution is 2.33. The van der Waals surface area contributed by atoms with Crippen molar-refractivity contribution in [2.24, 2.45) is 0 Å². The Labute approximate surface area is 119 Å². The van der Waals surface area contributed by atoms with E-state index in [2.05, 4.69) is 0 Å². The van der Waals surface area contributed by atoms with Gasteiger partial charge in [0.1, 0.15) is 17.1 Å². The van der Waals surface area contributed by atoms with Crippen LogP contribution in [0.15, 0.2) is 48.5 Å². The van der Waals surface area contributed by atoms with Crippen molar-refractivity contribution in [3.8, 4) is 11.5 Å². The third-order valence-corrected chi connectivity index (χ3v) is 3.48. The second kappa shape index (κ2) is 5.97. The van der Waals surface area contributed by atoms with Crippen molar-refractivity contribution < 1.29 is 14.6 Å². The van der Waals surface area contributed by atoms with Crippen molar-refractivity contribution >= 4 is 0 Å². The smallest absolute Gasteiger partial charge is 0.118 e. The summed E-state index contributed by atoms with van der Waals surface area (Å²) in [6.45, 7) is 1.84. The third-order valence-electron chi connectivity index (χ3n) is 3.48. The monoisotopic (exact) mass is 271 g/mol. The number of benzene rings is 2. The molecule has 1 radical (unpaired) electrons. The van der Waals surface area contributed by atoms with Gasteiger partial charge in [-0.1, -0.05) is 31.2 Å². The van der Waals surface area contributed by atoms with Crippen molar-refractivity contribution in [1.29, 1.82) is 0 Å². The van der Waals surface area contributed by atoms with E-state index < -0.39 is 5.60 Å². The number of hydrogen-bond acceptors (Lipinski definition) is 3. The van der Waals surface area contributed by atoms with Gasteiger partial charge in [-0.2, -0.15) is 0 Å². The minimum Gasteiger partial charge on any atom is -0.497 e. The van der Waals surface area contributed by atoms with Crippen LogP contribution in [0.5, 0.6) is 11.5 Å². The van der Waals surface area contributed by atoms with Crippen LogP contribution in [0.4, 0.5) is 0 Å². The standard InChI is InChI=1S/C17H19O3/c1-4-17(18,13-5-9-15(19-2)10-6-13)14-7-11-16(20-3)12-8-14/h4-12,18H,1-3H3. The van der Waals surface area contributed by atoms with Gasteiger partial charge in [-0.05, 0) is 41.8 Å². The highest BCUT2D eigenvalue weighted by molar-refractivity contribution is 5.42. The van der Waals surface area contributed by atoms with Crippen molar-refractivity contribution in [3.63, 3.8) is 0 Å². The van der Waals surface area contributed by atoms with E-state index in [0.29, 0.717) is 0 Å². The number of methoxy groups -OCH3 is 2. The number of ether oxygens (including phenoxy) is 2. The first kappa shape index (κ1) is 14.4. The highest BCUT2D eigenvalue weighted by Gasteiger charge is 2.29. The molecule has 2 aromatic carbocycles. The molecule has 0 heterocycles. The molecule has 0 saturated carbocycles. The second-order valence-corrected chi connectivity index (χ2v) is 4.51. The lowest BCUT2D eigenvalue weighted by Gasteiger charge is -2.28. The Morgan fingerprint density at radius 2 is 1.15 bits per heavy atom. The molecular weight excluding hydrogens is 252 g/mol. The first-order chi connectivity index (χ1) is 9.63. The maximum atomic E-state index is 11.0. The van der Waals surface area contributed by atoms with Crippen molar-refractivity contribution in [2.75, 3.05) is 14.2 Å². The molecule has 3 nitrogen and oxygen atoms in total. The molecule has 0 unspecified atom stereocenters. The molecule has 0 amide bonds. The van der Waals surface area contributed by atoms with E-state index >= 15 is 0 Å². The first-order valence-corrected chi connectivity index (χ1v) is 6.46. The van der Waals surface area contributed by atoms with Crippen LogP contribution in [0, 0.1) is 6.42 Å². The minimum atomic E-state index is -1.13. The van der Waals surface area contributed by atoms with E-state index in [4.69, 9.17) is 9.47 Å². The fourth-order valence-corrected chi connectivity index (χ4v) is 2.19. The molecule has 0 saturated heterocycles. The predicted octanol–water partition coefficient (Wildman–Crippen LogP) is 3.16. The van der Waals surface area contributed by atoms with Gasteiger partial charge in [-0.25, -0.2) is 0 Å². The Bertz CT molecular complexity index is 496. The van der Waals surface area contributed by atoms with Crippen LogP contribution in [0.3, 0.4) is 0 Å². The van der Waals surface area contributed by atoms with Crippen LogP contribution in [-0.4, -0.2) is 19.3 Å². The Hall–Kier alpha value is -2.00. The molecule has 0 aliphatic rings. The molecule has 105 valence electrons. The van der Waals surface area contributed by atoms with Gasteiger partial charge in [0.05, 0.1) is 14.2 Å². The summed E-state index contributed by atoms with van der Waals surface area (Å²) in [5.74, 6) is 1.53.